The minimum atomic E-state index is -3.51. The van der Waals surface area contributed by atoms with E-state index in [0.717, 1.165) is 12.8 Å². The van der Waals surface area contributed by atoms with E-state index in [1.165, 1.54) is 19.2 Å². The van der Waals surface area contributed by atoms with Crippen LogP contribution in [0.4, 0.5) is 0 Å². The van der Waals surface area contributed by atoms with Crippen LogP contribution in [0.1, 0.15) is 29.4 Å². The lowest BCUT2D eigenvalue weighted by Crippen LogP contribution is -2.31. The number of amides is 1. The second-order valence-corrected chi connectivity index (χ2v) is 8.21. The van der Waals surface area contributed by atoms with Crippen LogP contribution < -0.4 is 10.1 Å². The fourth-order valence-corrected chi connectivity index (χ4v) is 3.90. The van der Waals surface area contributed by atoms with E-state index in [2.05, 4.69) is 15.5 Å². The van der Waals surface area contributed by atoms with Crippen molar-refractivity contribution in [3.05, 3.63) is 36.0 Å². The summed E-state index contributed by atoms with van der Waals surface area (Å²) in [7, 11) is -2.00. The Kier molecular flexibility index (Phi) is 6.07. The number of rotatable bonds is 8. The van der Waals surface area contributed by atoms with Crippen LogP contribution in [0.3, 0.4) is 0 Å². The predicted molar refractivity (Wildman–Crippen MR) is 94.4 cm³/mol. The van der Waals surface area contributed by atoms with E-state index in [0.29, 0.717) is 18.9 Å². The van der Waals surface area contributed by atoms with Gasteiger partial charge in [0, 0.05) is 19.6 Å². The van der Waals surface area contributed by atoms with Crippen molar-refractivity contribution in [1.29, 1.82) is 0 Å². The molecule has 0 aliphatic carbocycles. The molecule has 1 aromatic carbocycles. The van der Waals surface area contributed by atoms with Gasteiger partial charge in [0.25, 0.3) is 0 Å². The van der Waals surface area contributed by atoms with Crippen LogP contribution in [-0.2, 0) is 21.0 Å². The molecule has 1 N–H and O–H groups in total. The summed E-state index contributed by atoms with van der Waals surface area (Å²) in [5.74, 6) is -0.150. The molecule has 27 heavy (non-hydrogen) atoms. The first-order valence-corrected chi connectivity index (χ1v) is 10.2. The Morgan fingerprint density at radius 3 is 2.78 bits per heavy atom. The zero-order valence-electron chi connectivity index (χ0n) is 14.9. The number of aromatic nitrogens is 2. The number of carbonyl (C=O) groups is 1. The molecular formula is C17H21N3O6S. The van der Waals surface area contributed by atoms with Gasteiger partial charge < -0.3 is 19.3 Å². The SMILES string of the molecule is COc1ccc(S(=O)(=O)CCc2noc(C(=O)NC[C@@H]3CCCO3)n2)cc1. The highest BCUT2D eigenvalue weighted by Crippen LogP contribution is 2.17. The molecule has 10 heteroatoms. The van der Waals surface area contributed by atoms with Crippen LogP contribution in [0, 0.1) is 0 Å². The van der Waals surface area contributed by atoms with Gasteiger partial charge in [0.05, 0.1) is 23.9 Å². The molecule has 0 spiro atoms. The van der Waals surface area contributed by atoms with Gasteiger partial charge in [-0.15, -0.1) is 0 Å². The molecule has 1 saturated heterocycles. The molecule has 0 bridgehead atoms. The van der Waals surface area contributed by atoms with E-state index in [1.54, 1.807) is 12.1 Å². The smallest absolute Gasteiger partial charge is 0.315 e. The summed E-state index contributed by atoms with van der Waals surface area (Å²) in [6.45, 7) is 1.08. The van der Waals surface area contributed by atoms with Gasteiger partial charge >= 0.3 is 11.8 Å². The van der Waals surface area contributed by atoms with E-state index in [-0.39, 0.29) is 34.9 Å². The standard InChI is InChI=1S/C17H21N3O6S/c1-24-12-4-6-14(7-5-12)27(22,23)10-8-15-19-17(26-20-15)16(21)18-11-13-3-2-9-25-13/h4-7,13H,2-3,8-11H2,1H3,(H,18,21)/t13-/m0/s1. The molecule has 2 heterocycles. The number of sulfone groups is 1. The normalized spacial score (nSPS) is 17.0. The summed E-state index contributed by atoms with van der Waals surface area (Å²) in [4.78, 5) is 16.2. The molecule has 0 unspecified atom stereocenters. The Labute approximate surface area is 157 Å². The first-order valence-electron chi connectivity index (χ1n) is 8.57. The highest BCUT2D eigenvalue weighted by molar-refractivity contribution is 7.91. The van der Waals surface area contributed by atoms with Gasteiger partial charge in [0.1, 0.15) is 5.75 Å². The third-order valence-electron chi connectivity index (χ3n) is 4.19. The quantitative estimate of drug-likeness (QED) is 0.703. The number of nitrogens with one attached hydrogen (secondary N) is 1. The van der Waals surface area contributed by atoms with Gasteiger partial charge in [-0.25, -0.2) is 8.42 Å². The van der Waals surface area contributed by atoms with Crippen molar-refractivity contribution in [2.24, 2.45) is 0 Å². The first-order chi connectivity index (χ1) is 13.0. The predicted octanol–water partition coefficient (Wildman–Crippen LogP) is 1.00. The molecule has 1 aliphatic heterocycles. The summed E-state index contributed by atoms with van der Waals surface area (Å²) in [6, 6.07) is 6.12. The van der Waals surface area contributed by atoms with Crippen LogP contribution in [-0.4, -0.2) is 56.6 Å². The minimum Gasteiger partial charge on any atom is -0.497 e. The van der Waals surface area contributed by atoms with Gasteiger partial charge in [-0.3, -0.25) is 4.79 Å². The van der Waals surface area contributed by atoms with Crippen LogP contribution >= 0.6 is 0 Å². The Morgan fingerprint density at radius 1 is 1.33 bits per heavy atom. The molecule has 0 radical (unpaired) electrons. The molecule has 0 saturated carbocycles. The number of hydrogen-bond donors (Lipinski definition) is 1. The zero-order valence-corrected chi connectivity index (χ0v) is 15.7. The summed E-state index contributed by atoms with van der Waals surface area (Å²) in [5.41, 5.74) is 0. The first kappa shape index (κ1) is 19.3. The van der Waals surface area contributed by atoms with Crippen LogP contribution in [0.25, 0.3) is 0 Å². The van der Waals surface area contributed by atoms with Crippen molar-refractivity contribution < 1.29 is 27.2 Å². The fourth-order valence-electron chi connectivity index (χ4n) is 2.66. The van der Waals surface area contributed by atoms with Crippen molar-refractivity contribution in [2.75, 3.05) is 26.0 Å². The van der Waals surface area contributed by atoms with Crippen molar-refractivity contribution >= 4 is 15.7 Å². The third kappa shape index (κ3) is 5.04. The van der Waals surface area contributed by atoms with Gasteiger partial charge in [0.2, 0.25) is 0 Å². The number of nitrogens with zero attached hydrogens (tertiary/aromatic N) is 2. The van der Waals surface area contributed by atoms with Crippen LogP contribution in [0.2, 0.25) is 0 Å². The molecule has 1 aromatic heterocycles. The summed E-state index contributed by atoms with van der Waals surface area (Å²) >= 11 is 0. The summed E-state index contributed by atoms with van der Waals surface area (Å²) < 4.78 is 40.1. The van der Waals surface area contributed by atoms with Crippen molar-refractivity contribution in [2.45, 2.75) is 30.3 Å². The molecule has 3 rings (SSSR count). The fraction of sp³-hybridized carbons (Fsp3) is 0.471. The Bertz CT molecular complexity index is 872. The average molecular weight is 395 g/mol. The maximum absolute atomic E-state index is 12.4. The highest BCUT2D eigenvalue weighted by Gasteiger charge is 2.21. The Balaban J connectivity index is 1.54. The van der Waals surface area contributed by atoms with E-state index in [4.69, 9.17) is 14.0 Å². The van der Waals surface area contributed by atoms with E-state index >= 15 is 0 Å². The summed E-state index contributed by atoms with van der Waals surface area (Å²) in [6.07, 6.45) is 1.93. The number of ether oxygens (including phenoxy) is 2. The lowest BCUT2D eigenvalue weighted by Gasteiger charge is -2.08. The number of methoxy groups -OCH3 is 1. The van der Waals surface area contributed by atoms with Gasteiger partial charge in [0.15, 0.2) is 15.7 Å². The lowest BCUT2D eigenvalue weighted by atomic mass is 10.2. The maximum Gasteiger partial charge on any atom is 0.315 e. The number of aryl methyl sites for hydroxylation is 1. The summed E-state index contributed by atoms with van der Waals surface area (Å²) in [5, 5.41) is 6.35. The molecular weight excluding hydrogens is 374 g/mol. The van der Waals surface area contributed by atoms with Crippen LogP contribution in [0.15, 0.2) is 33.7 Å². The van der Waals surface area contributed by atoms with E-state index in [9.17, 15) is 13.2 Å². The van der Waals surface area contributed by atoms with Crippen molar-refractivity contribution in [3.8, 4) is 5.75 Å². The minimum absolute atomic E-state index is 0.00554. The Hall–Kier alpha value is -2.46. The van der Waals surface area contributed by atoms with Gasteiger partial charge in [-0.2, -0.15) is 4.98 Å². The molecule has 1 amide bonds. The molecule has 1 fully saturated rings. The number of carbonyl (C=O) groups excluding carboxylic acids is 1. The zero-order chi connectivity index (χ0) is 19.3. The molecule has 146 valence electrons. The third-order valence-corrected chi connectivity index (χ3v) is 5.92. The molecule has 9 nitrogen and oxygen atoms in total. The number of benzene rings is 1. The molecule has 1 aliphatic rings. The second kappa shape index (κ2) is 8.49. The monoisotopic (exact) mass is 395 g/mol. The number of hydrogen-bond acceptors (Lipinski definition) is 8. The maximum atomic E-state index is 12.4. The van der Waals surface area contributed by atoms with E-state index in [1.807, 2.05) is 0 Å². The van der Waals surface area contributed by atoms with Gasteiger partial charge in [-0.05, 0) is 37.1 Å². The lowest BCUT2D eigenvalue weighted by molar-refractivity contribution is 0.0822. The van der Waals surface area contributed by atoms with Gasteiger partial charge in [-0.1, -0.05) is 5.16 Å². The van der Waals surface area contributed by atoms with Crippen LogP contribution in [0.5, 0.6) is 5.75 Å². The van der Waals surface area contributed by atoms with Crippen molar-refractivity contribution in [1.82, 2.24) is 15.5 Å². The molecule has 2 aromatic rings. The topological polar surface area (TPSA) is 121 Å². The van der Waals surface area contributed by atoms with E-state index < -0.39 is 15.7 Å². The average Bonchev–Trinajstić information content (AvgIpc) is 3.36. The Morgan fingerprint density at radius 2 is 2.11 bits per heavy atom. The van der Waals surface area contributed by atoms with Crippen molar-refractivity contribution in [3.63, 3.8) is 0 Å². The second-order valence-electron chi connectivity index (χ2n) is 6.11. The highest BCUT2D eigenvalue weighted by atomic mass is 32.2. The largest absolute Gasteiger partial charge is 0.497 e. The molecule has 1 atom stereocenters.